The predicted octanol–water partition coefficient (Wildman–Crippen LogP) is 1.29. The second kappa shape index (κ2) is 2.97. The van der Waals surface area contributed by atoms with Crippen molar-refractivity contribution in [3.63, 3.8) is 0 Å². The molecule has 1 fully saturated rings. The first-order valence-corrected chi connectivity index (χ1v) is 5.18. The second-order valence-electron chi connectivity index (χ2n) is 2.05. The molecule has 1 aliphatic heterocycles. The van der Waals surface area contributed by atoms with Crippen LogP contribution in [0.4, 0.5) is 0 Å². The Hall–Kier alpha value is 0.630. The summed E-state index contributed by atoms with van der Waals surface area (Å²) in [5, 5.41) is 0. The summed E-state index contributed by atoms with van der Waals surface area (Å²) < 4.78 is 10.8. The van der Waals surface area contributed by atoms with Crippen LogP contribution in [0, 0.1) is 0 Å². The summed E-state index contributed by atoms with van der Waals surface area (Å²) >= 11 is 3.44. The van der Waals surface area contributed by atoms with E-state index >= 15 is 0 Å². The van der Waals surface area contributed by atoms with Gasteiger partial charge in [-0.05, 0) is 12.8 Å². The van der Waals surface area contributed by atoms with Gasteiger partial charge in [0.1, 0.15) is 0 Å². The lowest BCUT2D eigenvalue weighted by molar-refractivity contribution is 0.663. The standard InChI is InChI=1S/C5H9BrOS/c6-5-2-1-3-8(7)4-5/h5H,1-4H2/t5-,8+/m0/s1. The summed E-state index contributed by atoms with van der Waals surface area (Å²) in [6.07, 6.45) is 2.33. The molecular formula is C5H9BrOS. The summed E-state index contributed by atoms with van der Waals surface area (Å²) in [5.41, 5.74) is 0. The summed E-state index contributed by atoms with van der Waals surface area (Å²) in [5.74, 6) is 1.78. The molecule has 0 aromatic carbocycles. The lowest BCUT2D eigenvalue weighted by Crippen LogP contribution is -2.19. The van der Waals surface area contributed by atoms with Crippen molar-refractivity contribution in [1.82, 2.24) is 0 Å². The van der Waals surface area contributed by atoms with Gasteiger partial charge in [-0.2, -0.15) is 0 Å². The van der Waals surface area contributed by atoms with Crippen molar-refractivity contribution in [2.45, 2.75) is 17.7 Å². The van der Waals surface area contributed by atoms with Gasteiger partial charge in [0.25, 0.3) is 0 Å². The van der Waals surface area contributed by atoms with Crippen molar-refractivity contribution in [1.29, 1.82) is 0 Å². The molecule has 0 N–H and O–H groups in total. The lowest BCUT2D eigenvalue weighted by Gasteiger charge is -2.14. The predicted molar refractivity (Wildman–Crippen MR) is 39.8 cm³/mol. The minimum atomic E-state index is -0.517. The molecule has 8 heavy (non-hydrogen) atoms. The normalized spacial score (nSPS) is 39.6. The molecule has 0 radical (unpaired) electrons. The van der Waals surface area contributed by atoms with Crippen LogP contribution in [0.25, 0.3) is 0 Å². The maximum absolute atomic E-state index is 10.8. The van der Waals surface area contributed by atoms with Crippen LogP contribution in [0.5, 0.6) is 0 Å². The van der Waals surface area contributed by atoms with Crippen LogP contribution in [0.15, 0.2) is 0 Å². The van der Waals surface area contributed by atoms with Gasteiger partial charge in [0, 0.05) is 27.1 Å². The highest BCUT2D eigenvalue weighted by Crippen LogP contribution is 2.15. The van der Waals surface area contributed by atoms with E-state index in [2.05, 4.69) is 15.9 Å². The molecule has 3 heteroatoms. The molecule has 1 aliphatic rings. The minimum Gasteiger partial charge on any atom is -0.260 e. The molecule has 0 amide bonds. The topological polar surface area (TPSA) is 17.1 Å². The minimum absolute atomic E-state index is 0.517. The molecule has 0 unspecified atom stereocenters. The molecule has 0 bridgehead atoms. The van der Waals surface area contributed by atoms with Crippen LogP contribution in [0.3, 0.4) is 0 Å². The average Bonchev–Trinajstić information content (AvgIpc) is 1.64. The van der Waals surface area contributed by atoms with E-state index < -0.39 is 10.8 Å². The first-order chi connectivity index (χ1) is 3.79. The Morgan fingerprint density at radius 1 is 1.62 bits per heavy atom. The quantitative estimate of drug-likeness (QED) is 0.535. The number of alkyl halides is 1. The Balaban J connectivity index is 2.34. The molecule has 0 aliphatic carbocycles. The smallest absolute Gasteiger partial charge is 0.0360 e. The van der Waals surface area contributed by atoms with Crippen molar-refractivity contribution < 1.29 is 4.21 Å². The highest BCUT2D eigenvalue weighted by molar-refractivity contribution is 9.09. The van der Waals surface area contributed by atoms with E-state index in [1.54, 1.807) is 0 Å². The fraction of sp³-hybridized carbons (Fsp3) is 1.00. The zero-order chi connectivity index (χ0) is 5.98. The van der Waals surface area contributed by atoms with Crippen molar-refractivity contribution in [2.24, 2.45) is 0 Å². The third-order valence-electron chi connectivity index (χ3n) is 1.26. The van der Waals surface area contributed by atoms with Crippen LogP contribution in [-0.4, -0.2) is 20.5 Å². The zero-order valence-corrected chi connectivity index (χ0v) is 7.00. The third-order valence-corrected chi connectivity index (χ3v) is 3.98. The molecule has 0 aromatic heterocycles. The van der Waals surface area contributed by atoms with Gasteiger partial charge in [-0.15, -0.1) is 0 Å². The fourth-order valence-corrected chi connectivity index (χ4v) is 3.27. The average molecular weight is 197 g/mol. The van der Waals surface area contributed by atoms with E-state index in [0.717, 1.165) is 17.9 Å². The first kappa shape index (κ1) is 6.75. The molecule has 1 saturated heterocycles. The molecule has 0 aromatic rings. The largest absolute Gasteiger partial charge is 0.260 e. The highest BCUT2D eigenvalue weighted by Gasteiger charge is 2.14. The molecule has 0 spiro atoms. The van der Waals surface area contributed by atoms with Crippen molar-refractivity contribution in [2.75, 3.05) is 11.5 Å². The molecule has 1 rings (SSSR count). The van der Waals surface area contributed by atoms with Gasteiger partial charge in [-0.1, -0.05) is 15.9 Å². The van der Waals surface area contributed by atoms with Gasteiger partial charge in [0.15, 0.2) is 0 Å². The van der Waals surface area contributed by atoms with Crippen molar-refractivity contribution >= 4 is 26.7 Å². The molecule has 1 nitrogen and oxygen atoms in total. The van der Waals surface area contributed by atoms with Gasteiger partial charge < -0.3 is 0 Å². The van der Waals surface area contributed by atoms with Crippen LogP contribution >= 0.6 is 15.9 Å². The number of halogens is 1. The molecular weight excluding hydrogens is 188 g/mol. The van der Waals surface area contributed by atoms with Crippen LogP contribution in [-0.2, 0) is 10.8 Å². The maximum Gasteiger partial charge on any atom is 0.0360 e. The Bertz CT molecular complexity index is 105. The zero-order valence-electron chi connectivity index (χ0n) is 4.60. The Morgan fingerprint density at radius 3 is 2.75 bits per heavy atom. The van der Waals surface area contributed by atoms with E-state index in [-0.39, 0.29) is 0 Å². The molecule has 2 atom stereocenters. The summed E-state index contributed by atoms with van der Waals surface area (Å²) in [4.78, 5) is 0.525. The van der Waals surface area contributed by atoms with Gasteiger partial charge >= 0.3 is 0 Å². The Morgan fingerprint density at radius 2 is 2.38 bits per heavy atom. The van der Waals surface area contributed by atoms with Crippen molar-refractivity contribution in [3.05, 3.63) is 0 Å². The molecule has 48 valence electrons. The van der Waals surface area contributed by atoms with E-state index in [9.17, 15) is 4.21 Å². The SMILES string of the molecule is O=[S@@]1CCC[C@H](Br)C1. The van der Waals surface area contributed by atoms with Crippen molar-refractivity contribution in [3.8, 4) is 0 Å². The molecule has 1 heterocycles. The van der Waals surface area contributed by atoms with Crippen LogP contribution in [0.2, 0.25) is 0 Å². The summed E-state index contributed by atoms with van der Waals surface area (Å²) in [6, 6.07) is 0. The van der Waals surface area contributed by atoms with E-state index in [0.29, 0.717) is 4.83 Å². The monoisotopic (exact) mass is 196 g/mol. The maximum atomic E-state index is 10.8. The lowest BCUT2D eigenvalue weighted by atomic mass is 10.3. The van der Waals surface area contributed by atoms with E-state index in [4.69, 9.17) is 0 Å². The number of hydrogen-bond acceptors (Lipinski definition) is 1. The Labute approximate surface area is 60.4 Å². The highest BCUT2D eigenvalue weighted by atomic mass is 79.9. The summed E-state index contributed by atoms with van der Waals surface area (Å²) in [6.45, 7) is 0. The fourth-order valence-electron chi connectivity index (χ4n) is 0.834. The number of hydrogen-bond donors (Lipinski definition) is 0. The van der Waals surface area contributed by atoms with Gasteiger partial charge in [0.05, 0.1) is 0 Å². The van der Waals surface area contributed by atoms with Gasteiger partial charge in [-0.3, -0.25) is 4.21 Å². The van der Waals surface area contributed by atoms with E-state index in [1.807, 2.05) is 0 Å². The van der Waals surface area contributed by atoms with E-state index in [1.165, 1.54) is 6.42 Å². The van der Waals surface area contributed by atoms with Crippen LogP contribution in [0.1, 0.15) is 12.8 Å². The Kier molecular flexibility index (Phi) is 2.50. The van der Waals surface area contributed by atoms with Gasteiger partial charge in [0.2, 0.25) is 0 Å². The summed E-state index contributed by atoms with van der Waals surface area (Å²) in [7, 11) is -0.517. The number of rotatable bonds is 0. The third kappa shape index (κ3) is 1.86. The second-order valence-corrected chi connectivity index (χ2v) is 4.97. The first-order valence-electron chi connectivity index (χ1n) is 2.78. The van der Waals surface area contributed by atoms with Crippen LogP contribution < -0.4 is 0 Å². The molecule has 0 saturated carbocycles. The van der Waals surface area contributed by atoms with Gasteiger partial charge in [-0.25, -0.2) is 0 Å².